The van der Waals surface area contributed by atoms with E-state index >= 15 is 0 Å². The van der Waals surface area contributed by atoms with E-state index in [1.54, 1.807) is 36.4 Å². The van der Waals surface area contributed by atoms with Gasteiger partial charge >= 0.3 is 5.97 Å². The maximum atomic E-state index is 13.6. The summed E-state index contributed by atoms with van der Waals surface area (Å²) in [6, 6.07) is 21.4. The molecule has 0 amide bonds. The molecule has 0 spiro atoms. The number of benzene rings is 3. The lowest BCUT2D eigenvalue weighted by atomic mass is 10.0. The first-order valence-corrected chi connectivity index (χ1v) is 15.0. The number of esters is 1. The monoisotopic (exact) mass is 566 g/mol. The number of hydrogen-bond donors (Lipinski definition) is 0. The Bertz CT molecular complexity index is 1140. The smallest absolute Gasteiger partial charge is 0.343 e. The van der Waals surface area contributed by atoms with Crippen molar-refractivity contribution < 1.29 is 27.8 Å². The van der Waals surface area contributed by atoms with Gasteiger partial charge in [0.25, 0.3) is 0 Å². The zero-order valence-electron chi connectivity index (χ0n) is 24.6. The number of rotatable bonds is 18. The van der Waals surface area contributed by atoms with Gasteiger partial charge in [-0.25, -0.2) is 13.6 Å². The fourth-order valence-corrected chi connectivity index (χ4v) is 4.57. The third kappa shape index (κ3) is 10.9. The zero-order chi connectivity index (χ0) is 29.5. The van der Waals surface area contributed by atoms with E-state index in [1.807, 2.05) is 43.3 Å². The lowest BCUT2D eigenvalue weighted by molar-refractivity contribution is 0.0425. The van der Waals surface area contributed by atoms with Crippen LogP contribution in [-0.4, -0.2) is 31.7 Å². The van der Waals surface area contributed by atoms with E-state index in [2.05, 4.69) is 13.8 Å². The van der Waals surface area contributed by atoms with E-state index in [1.165, 1.54) is 32.1 Å². The van der Waals surface area contributed by atoms with Gasteiger partial charge in [0.2, 0.25) is 6.43 Å². The van der Waals surface area contributed by atoms with Gasteiger partial charge in [0.05, 0.1) is 24.2 Å². The molecule has 0 radical (unpaired) electrons. The van der Waals surface area contributed by atoms with Crippen LogP contribution in [0, 0.1) is 0 Å². The average molecular weight is 567 g/mol. The van der Waals surface area contributed by atoms with E-state index in [-0.39, 0.29) is 12.7 Å². The van der Waals surface area contributed by atoms with Crippen LogP contribution in [0.2, 0.25) is 0 Å². The highest BCUT2D eigenvalue weighted by molar-refractivity contribution is 5.91. The summed E-state index contributed by atoms with van der Waals surface area (Å²) in [6.07, 6.45) is 6.77. The molecular formula is C35H44F2O4. The normalized spacial score (nSPS) is 12.7. The summed E-state index contributed by atoms with van der Waals surface area (Å²) >= 11 is 0. The Balaban J connectivity index is 1.51. The highest BCUT2D eigenvalue weighted by Gasteiger charge is 2.23. The molecule has 0 bridgehead atoms. The summed E-state index contributed by atoms with van der Waals surface area (Å²) in [4.78, 5) is 12.7. The molecular weight excluding hydrogens is 522 g/mol. The summed E-state index contributed by atoms with van der Waals surface area (Å²) in [5, 5.41) is 0. The second-order valence-corrected chi connectivity index (χ2v) is 10.6. The van der Waals surface area contributed by atoms with E-state index in [9.17, 15) is 13.6 Å². The summed E-state index contributed by atoms with van der Waals surface area (Å²) < 4.78 is 44.1. The molecule has 0 aromatic heterocycles. The van der Waals surface area contributed by atoms with Crippen LogP contribution >= 0.6 is 0 Å². The zero-order valence-corrected chi connectivity index (χ0v) is 24.6. The number of unbranched alkanes of at least 4 members (excludes halogenated alkanes) is 5. The van der Waals surface area contributed by atoms with Crippen LogP contribution < -0.4 is 9.47 Å². The maximum absolute atomic E-state index is 13.6. The van der Waals surface area contributed by atoms with Crippen molar-refractivity contribution in [1.82, 2.24) is 0 Å². The molecule has 2 atom stereocenters. The van der Waals surface area contributed by atoms with Crippen LogP contribution in [0.15, 0.2) is 72.8 Å². The van der Waals surface area contributed by atoms with Gasteiger partial charge in [-0.3, -0.25) is 0 Å². The Morgan fingerprint density at radius 3 is 1.93 bits per heavy atom. The van der Waals surface area contributed by atoms with E-state index in [0.29, 0.717) is 23.5 Å². The molecule has 0 saturated heterocycles. The second kappa shape index (κ2) is 17.5. The molecule has 0 N–H and O–H groups in total. The number of halogens is 2. The van der Waals surface area contributed by atoms with Crippen molar-refractivity contribution in [3.8, 4) is 22.6 Å². The third-order valence-corrected chi connectivity index (χ3v) is 7.12. The van der Waals surface area contributed by atoms with Gasteiger partial charge in [0, 0.05) is 6.61 Å². The Labute approximate surface area is 244 Å². The molecule has 0 aliphatic heterocycles. The van der Waals surface area contributed by atoms with Crippen LogP contribution in [0.1, 0.15) is 94.0 Å². The minimum atomic E-state index is -2.54. The van der Waals surface area contributed by atoms with Crippen molar-refractivity contribution >= 4 is 5.97 Å². The average Bonchev–Trinajstić information content (AvgIpc) is 2.98. The fourth-order valence-electron chi connectivity index (χ4n) is 4.57. The molecule has 3 aromatic carbocycles. The van der Waals surface area contributed by atoms with Gasteiger partial charge in [-0.05, 0) is 79.3 Å². The molecule has 41 heavy (non-hydrogen) atoms. The van der Waals surface area contributed by atoms with Crippen molar-refractivity contribution in [3.05, 3.63) is 83.9 Å². The summed E-state index contributed by atoms with van der Waals surface area (Å²) in [5.41, 5.74) is 2.85. The van der Waals surface area contributed by atoms with Crippen molar-refractivity contribution in [3.63, 3.8) is 0 Å². The topological polar surface area (TPSA) is 44.8 Å². The largest absolute Gasteiger partial charge is 0.491 e. The first-order chi connectivity index (χ1) is 19.9. The Morgan fingerprint density at radius 1 is 0.732 bits per heavy atom. The summed E-state index contributed by atoms with van der Waals surface area (Å²) in [7, 11) is 0. The molecule has 222 valence electrons. The van der Waals surface area contributed by atoms with Crippen molar-refractivity contribution in [1.29, 1.82) is 0 Å². The number of hydrogen-bond acceptors (Lipinski definition) is 4. The van der Waals surface area contributed by atoms with Crippen LogP contribution in [0.3, 0.4) is 0 Å². The SMILES string of the molecule is CCCCCCCC(C)Oc1ccc(-c2ccc(C(=O)Oc3ccc([C@H](COCCCC)C(F)F)cc3)cc2)cc1. The molecule has 0 aliphatic carbocycles. The van der Waals surface area contributed by atoms with Crippen molar-refractivity contribution in [2.24, 2.45) is 0 Å². The third-order valence-electron chi connectivity index (χ3n) is 7.12. The molecule has 0 heterocycles. The lowest BCUT2D eigenvalue weighted by Gasteiger charge is -2.17. The fraction of sp³-hybridized carbons (Fsp3) is 0.457. The number of alkyl halides is 2. The van der Waals surface area contributed by atoms with Gasteiger partial charge < -0.3 is 14.2 Å². The highest BCUT2D eigenvalue weighted by atomic mass is 19.3. The molecule has 0 fully saturated rings. The molecule has 3 aromatic rings. The highest BCUT2D eigenvalue weighted by Crippen LogP contribution is 2.27. The van der Waals surface area contributed by atoms with E-state index in [0.717, 1.165) is 36.1 Å². The Morgan fingerprint density at radius 2 is 1.32 bits per heavy atom. The summed E-state index contributed by atoms with van der Waals surface area (Å²) in [5.74, 6) is -0.378. The lowest BCUT2D eigenvalue weighted by Crippen LogP contribution is -2.16. The first-order valence-electron chi connectivity index (χ1n) is 15.0. The van der Waals surface area contributed by atoms with Gasteiger partial charge in [-0.1, -0.05) is 82.3 Å². The predicted octanol–water partition coefficient (Wildman–Crippen LogP) is 9.87. The minimum absolute atomic E-state index is 0.0444. The van der Waals surface area contributed by atoms with E-state index < -0.39 is 18.3 Å². The Hall–Kier alpha value is -3.25. The van der Waals surface area contributed by atoms with Gasteiger partial charge in [0.15, 0.2) is 0 Å². The molecule has 0 aliphatic rings. The first kappa shape index (κ1) is 32.3. The number of carbonyl (C=O) groups is 1. The van der Waals surface area contributed by atoms with Gasteiger partial charge in [0.1, 0.15) is 11.5 Å². The van der Waals surface area contributed by atoms with Crippen molar-refractivity contribution in [2.75, 3.05) is 13.2 Å². The molecule has 4 nitrogen and oxygen atoms in total. The second-order valence-electron chi connectivity index (χ2n) is 10.6. The van der Waals surface area contributed by atoms with Crippen molar-refractivity contribution in [2.45, 2.75) is 90.6 Å². The Kier molecular flexibility index (Phi) is 13.8. The molecule has 1 unspecified atom stereocenters. The van der Waals surface area contributed by atoms with Crippen LogP contribution in [0.25, 0.3) is 11.1 Å². The number of carbonyl (C=O) groups excluding carboxylic acids is 1. The van der Waals surface area contributed by atoms with Gasteiger partial charge in [-0.2, -0.15) is 0 Å². The standard InChI is InChI=1S/C35H44F2O4/c1-4-6-8-9-10-11-26(3)40-31-20-16-28(17-21-31)27-12-14-30(15-13-27)35(38)41-32-22-18-29(19-23-32)33(34(36)37)25-39-24-7-5-2/h12-23,26,33-34H,4-11,24-25H2,1-3H3/t26?,33-/m0/s1. The van der Waals surface area contributed by atoms with Gasteiger partial charge in [-0.15, -0.1) is 0 Å². The van der Waals surface area contributed by atoms with E-state index in [4.69, 9.17) is 14.2 Å². The van der Waals surface area contributed by atoms with Crippen LogP contribution in [0.4, 0.5) is 8.78 Å². The molecule has 6 heteroatoms. The summed E-state index contributed by atoms with van der Waals surface area (Å²) in [6.45, 7) is 6.78. The molecule has 3 rings (SSSR count). The van der Waals surface area contributed by atoms with Crippen LogP contribution in [-0.2, 0) is 4.74 Å². The van der Waals surface area contributed by atoms with Crippen LogP contribution in [0.5, 0.6) is 11.5 Å². The predicted molar refractivity (Wildman–Crippen MR) is 161 cm³/mol. The number of ether oxygens (including phenoxy) is 3. The molecule has 0 saturated carbocycles. The minimum Gasteiger partial charge on any atom is -0.491 e. The maximum Gasteiger partial charge on any atom is 0.343 e. The quantitative estimate of drug-likeness (QED) is 0.0873.